The zero-order valence-electron chi connectivity index (χ0n) is 9.31. The highest BCUT2D eigenvalue weighted by Crippen LogP contribution is 2.38. The van der Waals surface area contributed by atoms with Gasteiger partial charge in [-0.3, -0.25) is 0 Å². The van der Waals surface area contributed by atoms with Crippen molar-refractivity contribution >= 4 is 11.6 Å². The van der Waals surface area contributed by atoms with Crippen LogP contribution in [-0.2, 0) is 5.54 Å². The van der Waals surface area contributed by atoms with Gasteiger partial charge in [0.1, 0.15) is 5.82 Å². The molecule has 0 aliphatic heterocycles. The lowest BCUT2D eigenvalue weighted by Crippen LogP contribution is -2.37. The molecule has 0 unspecified atom stereocenters. The van der Waals surface area contributed by atoms with Crippen LogP contribution in [0.15, 0.2) is 18.2 Å². The molecule has 1 aromatic carbocycles. The van der Waals surface area contributed by atoms with E-state index in [-0.39, 0.29) is 5.82 Å². The summed E-state index contributed by atoms with van der Waals surface area (Å²) in [6, 6.07) is 4.79. The fraction of sp³-hybridized carbons (Fsp3) is 0.538. The molecule has 1 aliphatic carbocycles. The van der Waals surface area contributed by atoms with Gasteiger partial charge in [-0.05, 0) is 25.0 Å². The van der Waals surface area contributed by atoms with Crippen molar-refractivity contribution in [2.75, 3.05) is 0 Å². The highest BCUT2D eigenvalue weighted by Gasteiger charge is 2.32. The summed E-state index contributed by atoms with van der Waals surface area (Å²) in [6.45, 7) is 0. The average molecular weight is 242 g/mol. The molecule has 1 saturated carbocycles. The van der Waals surface area contributed by atoms with E-state index in [1.165, 1.54) is 18.9 Å². The van der Waals surface area contributed by atoms with Crippen molar-refractivity contribution in [1.82, 2.24) is 0 Å². The lowest BCUT2D eigenvalue weighted by Gasteiger charge is -2.29. The van der Waals surface area contributed by atoms with E-state index >= 15 is 0 Å². The van der Waals surface area contributed by atoms with Crippen LogP contribution in [0.3, 0.4) is 0 Å². The van der Waals surface area contributed by atoms with Crippen molar-refractivity contribution < 1.29 is 4.39 Å². The van der Waals surface area contributed by atoms with E-state index in [0.29, 0.717) is 10.6 Å². The minimum atomic E-state index is -0.571. The monoisotopic (exact) mass is 241 g/mol. The first-order valence-corrected chi connectivity index (χ1v) is 6.25. The number of hydrogen-bond acceptors (Lipinski definition) is 1. The van der Waals surface area contributed by atoms with Crippen LogP contribution < -0.4 is 5.73 Å². The third-order valence-electron chi connectivity index (χ3n) is 3.46. The van der Waals surface area contributed by atoms with E-state index in [0.717, 1.165) is 25.7 Å². The molecule has 0 aromatic heterocycles. The van der Waals surface area contributed by atoms with Crippen LogP contribution in [0.2, 0.25) is 5.02 Å². The number of benzene rings is 1. The summed E-state index contributed by atoms with van der Waals surface area (Å²) in [6.07, 6.45) is 6.14. The molecule has 0 saturated heterocycles. The lowest BCUT2D eigenvalue weighted by molar-refractivity contribution is 0.368. The van der Waals surface area contributed by atoms with E-state index in [4.69, 9.17) is 17.3 Å². The molecule has 88 valence electrons. The third kappa shape index (κ3) is 2.23. The van der Waals surface area contributed by atoms with Gasteiger partial charge in [0.15, 0.2) is 0 Å². The Kier molecular flexibility index (Phi) is 3.50. The second-order valence-electron chi connectivity index (χ2n) is 4.67. The molecule has 0 heterocycles. The van der Waals surface area contributed by atoms with Gasteiger partial charge in [-0.2, -0.15) is 0 Å². The molecule has 0 spiro atoms. The van der Waals surface area contributed by atoms with E-state index in [2.05, 4.69) is 0 Å². The van der Waals surface area contributed by atoms with Gasteiger partial charge in [0, 0.05) is 16.1 Å². The number of rotatable bonds is 1. The maximum atomic E-state index is 13.8. The molecule has 2 rings (SSSR count). The van der Waals surface area contributed by atoms with Crippen LogP contribution >= 0.6 is 11.6 Å². The zero-order valence-corrected chi connectivity index (χ0v) is 10.1. The molecule has 1 nitrogen and oxygen atoms in total. The van der Waals surface area contributed by atoms with Gasteiger partial charge in [0.2, 0.25) is 0 Å². The summed E-state index contributed by atoms with van der Waals surface area (Å²) in [5, 5.41) is 0.462. The van der Waals surface area contributed by atoms with Gasteiger partial charge in [-0.25, -0.2) is 4.39 Å². The van der Waals surface area contributed by atoms with Gasteiger partial charge >= 0.3 is 0 Å². The minimum Gasteiger partial charge on any atom is -0.321 e. The molecule has 1 aliphatic rings. The number of nitrogens with two attached hydrogens (primary N) is 1. The molecule has 0 atom stereocenters. The molecule has 0 amide bonds. The van der Waals surface area contributed by atoms with E-state index in [9.17, 15) is 4.39 Å². The fourth-order valence-electron chi connectivity index (χ4n) is 2.58. The SMILES string of the molecule is NC1(c2c(F)cccc2Cl)CCCCCC1. The second-order valence-corrected chi connectivity index (χ2v) is 5.07. The Morgan fingerprint density at radius 1 is 1.12 bits per heavy atom. The van der Waals surface area contributed by atoms with Crippen LogP contribution in [0.1, 0.15) is 44.1 Å². The van der Waals surface area contributed by atoms with Crippen LogP contribution in [0.5, 0.6) is 0 Å². The summed E-state index contributed by atoms with van der Waals surface area (Å²) in [5.41, 5.74) is 6.30. The van der Waals surface area contributed by atoms with Gasteiger partial charge in [0.05, 0.1) is 0 Å². The Morgan fingerprint density at radius 3 is 2.31 bits per heavy atom. The standard InChI is InChI=1S/C13H17ClFN/c14-10-6-5-7-11(15)12(10)13(16)8-3-1-2-4-9-13/h5-7H,1-4,8-9,16H2. The summed E-state index contributed by atoms with van der Waals surface area (Å²) in [5.74, 6) is -0.267. The topological polar surface area (TPSA) is 26.0 Å². The van der Waals surface area contributed by atoms with Crippen molar-refractivity contribution in [3.8, 4) is 0 Å². The van der Waals surface area contributed by atoms with Crippen LogP contribution in [0.25, 0.3) is 0 Å². The van der Waals surface area contributed by atoms with Crippen molar-refractivity contribution in [2.45, 2.75) is 44.1 Å². The second kappa shape index (κ2) is 4.72. The largest absolute Gasteiger partial charge is 0.321 e. The van der Waals surface area contributed by atoms with E-state index in [1.807, 2.05) is 0 Å². The maximum absolute atomic E-state index is 13.8. The predicted octanol–water partition coefficient (Wildman–Crippen LogP) is 3.99. The first-order valence-electron chi connectivity index (χ1n) is 5.87. The Labute approximate surface area is 101 Å². The zero-order chi connectivity index (χ0) is 11.6. The molecule has 0 radical (unpaired) electrons. The maximum Gasteiger partial charge on any atom is 0.129 e. The molecular weight excluding hydrogens is 225 g/mol. The van der Waals surface area contributed by atoms with Crippen molar-refractivity contribution in [3.63, 3.8) is 0 Å². The van der Waals surface area contributed by atoms with Crippen LogP contribution in [-0.4, -0.2) is 0 Å². The Bertz CT molecular complexity index is 350. The first kappa shape index (κ1) is 11.9. The minimum absolute atomic E-state index is 0.267. The molecule has 0 bridgehead atoms. The average Bonchev–Trinajstić information content (AvgIpc) is 2.43. The number of halogens is 2. The first-order chi connectivity index (χ1) is 7.63. The van der Waals surface area contributed by atoms with Gasteiger partial charge < -0.3 is 5.73 Å². The molecule has 16 heavy (non-hydrogen) atoms. The summed E-state index contributed by atoms with van der Waals surface area (Å²) in [7, 11) is 0. The Hall–Kier alpha value is -0.600. The third-order valence-corrected chi connectivity index (χ3v) is 3.77. The summed E-state index contributed by atoms with van der Waals surface area (Å²) < 4.78 is 13.8. The van der Waals surface area contributed by atoms with Crippen molar-refractivity contribution in [2.24, 2.45) is 5.73 Å². The van der Waals surface area contributed by atoms with Gasteiger partial charge in [-0.15, -0.1) is 0 Å². The van der Waals surface area contributed by atoms with Crippen molar-refractivity contribution in [1.29, 1.82) is 0 Å². The normalized spacial score (nSPS) is 20.4. The Balaban J connectivity index is 2.40. The van der Waals surface area contributed by atoms with Gasteiger partial charge in [-0.1, -0.05) is 43.4 Å². The molecule has 1 fully saturated rings. The van der Waals surface area contributed by atoms with Crippen LogP contribution in [0.4, 0.5) is 4.39 Å². The summed E-state index contributed by atoms with van der Waals surface area (Å²) >= 11 is 6.09. The Morgan fingerprint density at radius 2 is 1.75 bits per heavy atom. The van der Waals surface area contributed by atoms with Gasteiger partial charge in [0.25, 0.3) is 0 Å². The number of hydrogen-bond donors (Lipinski definition) is 1. The quantitative estimate of drug-likeness (QED) is 0.740. The fourth-order valence-corrected chi connectivity index (χ4v) is 2.93. The molecule has 3 heteroatoms. The lowest BCUT2D eigenvalue weighted by atomic mass is 9.83. The van der Waals surface area contributed by atoms with Crippen molar-refractivity contribution in [3.05, 3.63) is 34.6 Å². The smallest absolute Gasteiger partial charge is 0.129 e. The highest BCUT2D eigenvalue weighted by atomic mass is 35.5. The summed E-state index contributed by atoms with van der Waals surface area (Å²) in [4.78, 5) is 0. The molecule has 2 N–H and O–H groups in total. The predicted molar refractivity (Wildman–Crippen MR) is 65.0 cm³/mol. The molecular formula is C13H17ClFN. The highest BCUT2D eigenvalue weighted by molar-refractivity contribution is 6.31. The molecule has 1 aromatic rings. The van der Waals surface area contributed by atoms with Crippen LogP contribution in [0, 0.1) is 5.82 Å². The van der Waals surface area contributed by atoms with E-state index in [1.54, 1.807) is 12.1 Å². The van der Waals surface area contributed by atoms with E-state index < -0.39 is 5.54 Å².